The molecule has 0 atom stereocenters. The predicted molar refractivity (Wildman–Crippen MR) is 192 cm³/mol. The van der Waals surface area contributed by atoms with Crippen LogP contribution in [0.4, 0.5) is 0 Å². The molecule has 12 rings (SSSR count). The van der Waals surface area contributed by atoms with Gasteiger partial charge in [0, 0.05) is 42.3 Å². The zero-order valence-electron chi connectivity index (χ0n) is 26.1. The maximum atomic E-state index is 5.25. The molecule has 4 fully saturated rings. The van der Waals surface area contributed by atoms with Crippen molar-refractivity contribution in [2.24, 2.45) is 23.7 Å². The van der Waals surface area contributed by atoms with Gasteiger partial charge in [-0.3, -0.25) is 0 Å². The highest BCUT2D eigenvalue weighted by atomic mass is 32.1. The number of benzene rings is 5. The van der Waals surface area contributed by atoms with Crippen molar-refractivity contribution < 1.29 is 0 Å². The molecule has 5 aromatic carbocycles. The standard InChI is InChI=1S/C43H33N3S/c1-2-8-27(9-3-1)40-44-41(28-15-17-39-35(23-28)34-11-5-7-13-38(34)47-39)46-42(45-40)29-14-16-33-32-10-4-6-12-36(32)43(37(33)24-29)30-19-25-18-26(21-30)22-31(43)20-25/h1-17,23-26,30-31H,18-22H2. The van der Waals surface area contributed by atoms with Crippen molar-refractivity contribution in [2.75, 3.05) is 0 Å². The number of rotatable bonds is 3. The lowest BCUT2D eigenvalue weighted by molar-refractivity contribution is -0.0399. The minimum absolute atomic E-state index is 0.110. The van der Waals surface area contributed by atoms with E-state index in [9.17, 15) is 0 Å². The van der Waals surface area contributed by atoms with E-state index in [-0.39, 0.29) is 5.41 Å². The predicted octanol–water partition coefficient (Wildman–Crippen LogP) is 11.0. The van der Waals surface area contributed by atoms with Crippen molar-refractivity contribution in [3.63, 3.8) is 0 Å². The van der Waals surface area contributed by atoms with Crippen molar-refractivity contribution in [3.05, 3.63) is 126 Å². The molecule has 4 heteroatoms. The summed E-state index contributed by atoms with van der Waals surface area (Å²) in [5.74, 6) is 5.46. The van der Waals surface area contributed by atoms with Gasteiger partial charge in [-0.05, 0) is 108 Å². The lowest BCUT2D eigenvalue weighted by Crippen LogP contribution is -2.55. The third-order valence-corrected chi connectivity index (χ3v) is 13.3. The summed E-state index contributed by atoms with van der Waals surface area (Å²) in [5, 5.41) is 2.54. The molecule has 0 saturated heterocycles. The quantitative estimate of drug-likeness (QED) is 0.197. The van der Waals surface area contributed by atoms with Gasteiger partial charge in [-0.25, -0.2) is 15.0 Å². The second kappa shape index (κ2) is 9.68. The SMILES string of the molecule is c1ccc(-c2nc(-c3ccc4c(c3)C3(c5ccccc5-4)C4CC5CC(C4)CC3C5)nc(-c3ccc4sc5ccccc5c4c3)n2)cc1. The van der Waals surface area contributed by atoms with Gasteiger partial charge in [0.15, 0.2) is 17.5 Å². The lowest BCUT2D eigenvalue weighted by Gasteiger charge is -2.61. The highest BCUT2D eigenvalue weighted by Crippen LogP contribution is 2.69. The minimum Gasteiger partial charge on any atom is -0.208 e. The van der Waals surface area contributed by atoms with Gasteiger partial charge in [-0.15, -0.1) is 11.3 Å². The highest BCUT2D eigenvalue weighted by molar-refractivity contribution is 7.25. The smallest absolute Gasteiger partial charge is 0.164 e. The number of aromatic nitrogens is 3. The molecule has 5 aliphatic carbocycles. The van der Waals surface area contributed by atoms with E-state index in [0.29, 0.717) is 5.82 Å². The van der Waals surface area contributed by atoms with Gasteiger partial charge in [0.25, 0.3) is 0 Å². The van der Waals surface area contributed by atoms with Crippen LogP contribution in [0.25, 0.3) is 65.5 Å². The van der Waals surface area contributed by atoms with Gasteiger partial charge in [0.1, 0.15) is 0 Å². The van der Waals surface area contributed by atoms with Crippen molar-refractivity contribution in [2.45, 2.75) is 37.5 Å². The van der Waals surface area contributed by atoms with E-state index in [1.54, 1.807) is 5.56 Å². The van der Waals surface area contributed by atoms with Crippen LogP contribution in [-0.2, 0) is 5.41 Å². The Bertz CT molecular complexity index is 2360. The lowest BCUT2D eigenvalue weighted by atomic mass is 9.43. The molecule has 0 N–H and O–H groups in total. The Balaban J connectivity index is 1.11. The topological polar surface area (TPSA) is 38.7 Å². The van der Waals surface area contributed by atoms with E-state index in [1.165, 1.54) is 69.0 Å². The largest absolute Gasteiger partial charge is 0.208 e. The van der Waals surface area contributed by atoms with E-state index in [4.69, 9.17) is 15.0 Å². The van der Waals surface area contributed by atoms with Crippen LogP contribution in [0.5, 0.6) is 0 Å². The molecule has 4 bridgehead atoms. The Kier molecular flexibility index (Phi) is 5.44. The van der Waals surface area contributed by atoms with E-state index >= 15 is 0 Å². The molecule has 47 heavy (non-hydrogen) atoms. The van der Waals surface area contributed by atoms with Gasteiger partial charge in [-0.2, -0.15) is 0 Å². The molecule has 3 nitrogen and oxygen atoms in total. The first-order valence-electron chi connectivity index (χ1n) is 17.2. The fourth-order valence-electron chi connectivity index (χ4n) is 10.5. The Morgan fingerprint density at radius 1 is 0.468 bits per heavy atom. The molecule has 4 saturated carbocycles. The summed E-state index contributed by atoms with van der Waals surface area (Å²) in [6.07, 6.45) is 6.95. The van der Waals surface area contributed by atoms with Crippen LogP contribution in [-0.4, -0.2) is 15.0 Å². The summed E-state index contributed by atoms with van der Waals surface area (Å²) in [6, 6.07) is 42.1. The summed E-state index contributed by atoms with van der Waals surface area (Å²) in [6.45, 7) is 0. The minimum atomic E-state index is 0.110. The molecule has 1 spiro atoms. The van der Waals surface area contributed by atoms with Crippen LogP contribution in [0.15, 0.2) is 115 Å². The molecule has 0 radical (unpaired) electrons. The molecule has 5 aliphatic rings. The monoisotopic (exact) mass is 623 g/mol. The first-order valence-corrected chi connectivity index (χ1v) is 18.0. The van der Waals surface area contributed by atoms with Crippen LogP contribution >= 0.6 is 11.3 Å². The van der Waals surface area contributed by atoms with Gasteiger partial charge in [0.2, 0.25) is 0 Å². The number of hydrogen-bond donors (Lipinski definition) is 0. The molecule has 0 amide bonds. The maximum Gasteiger partial charge on any atom is 0.164 e. The van der Waals surface area contributed by atoms with Crippen LogP contribution in [0.1, 0.15) is 43.2 Å². The molecular formula is C43H33N3S. The number of nitrogens with zero attached hydrogens (tertiary/aromatic N) is 3. The zero-order valence-corrected chi connectivity index (χ0v) is 26.9. The average Bonchev–Trinajstić information content (AvgIpc) is 3.64. The molecule has 2 aromatic heterocycles. The third-order valence-electron chi connectivity index (χ3n) is 12.1. The van der Waals surface area contributed by atoms with E-state index < -0.39 is 0 Å². The second-order valence-corrected chi connectivity index (χ2v) is 15.5. The van der Waals surface area contributed by atoms with Crippen LogP contribution in [0, 0.1) is 23.7 Å². The fourth-order valence-corrected chi connectivity index (χ4v) is 11.6. The van der Waals surface area contributed by atoms with Crippen molar-refractivity contribution in [1.29, 1.82) is 0 Å². The zero-order chi connectivity index (χ0) is 30.7. The van der Waals surface area contributed by atoms with E-state index in [2.05, 4.69) is 109 Å². The third kappa shape index (κ3) is 3.71. The van der Waals surface area contributed by atoms with Gasteiger partial charge in [-0.1, -0.05) is 84.9 Å². The van der Waals surface area contributed by atoms with Gasteiger partial charge in [0.05, 0.1) is 0 Å². The second-order valence-electron chi connectivity index (χ2n) is 14.5. The fraction of sp³-hybridized carbons (Fsp3) is 0.233. The van der Waals surface area contributed by atoms with Crippen LogP contribution < -0.4 is 0 Å². The van der Waals surface area contributed by atoms with E-state index in [1.807, 2.05) is 17.4 Å². The Labute approximate surface area is 278 Å². The average molecular weight is 624 g/mol. The molecule has 2 heterocycles. The molecule has 0 aliphatic heterocycles. The summed E-state index contributed by atoms with van der Waals surface area (Å²) in [7, 11) is 0. The van der Waals surface area contributed by atoms with Crippen molar-refractivity contribution in [1.82, 2.24) is 15.0 Å². The number of hydrogen-bond acceptors (Lipinski definition) is 4. The van der Waals surface area contributed by atoms with Gasteiger partial charge >= 0.3 is 0 Å². The molecule has 226 valence electrons. The summed E-state index contributed by atoms with van der Waals surface area (Å²) < 4.78 is 2.59. The normalized spacial score (nSPS) is 25.1. The summed E-state index contributed by atoms with van der Waals surface area (Å²) in [4.78, 5) is 15.5. The first kappa shape index (κ1) is 26.4. The molecule has 7 aromatic rings. The Morgan fingerprint density at radius 2 is 1.06 bits per heavy atom. The number of fused-ring (bicyclic) bond motifs is 6. The van der Waals surface area contributed by atoms with Crippen molar-refractivity contribution >= 4 is 31.5 Å². The van der Waals surface area contributed by atoms with Crippen molar-refractivity contribution in [3.8, 4) is 45.3 Å². The molecule has 0 unspecified atom stereocenters. The van der Waals surface area contributed by atoms with Gasteiger partial charge < -0.3 is 0 Å². The number of thiophene rings is 1. The van der Waals surface area contributed by atoms with Crippen LogP contribution in [0.3, 0.4) is 0 Å². The Morgan fingerprint density at radius 3 is 1.85 bits per heavy atom. The first-order chi connectivity index (χ1) is 23.2. The van der Waals surface area contributed by atoms with Crippen LogP contribution in [0.2, 0.25) is 0 Å². The molecular weight excluding hydrogens is 591 g/mol. The van der Waals surface area contributed by atoms with E-state index in [0.717, 1.165) is 52.0 Å². The summed E-state index contributed by atoms with van der Waals surface area (Å²) in [5.41, 5.74) is 9.20. The maximum absolute atomic E-state index is 5.25. The summed E-state index contributed by atoms with van der Waals surface area (Å²) >= 11 is 1.84. The Hall–Kier alpha value is -4.67. The highest BCUT2D eigenvalue weighted by Gasteiger charge is 2.61.